The molecule has 0 spiro atoms. The number of aliphatic imine (C=N–C) groups is 1. The summed E-state index contributed by atoms with van der Waals surface area (Å²) < 4.78 is 29.8. The zero-order valence-electron chi connectivity index (χ0n) is 14.9. The number of nitrogens with zero attached hydrogens (tertiary/aromatic N) is 2. The van der Waals surface area contributed by atoms with E-state index in [0.717, 1.165) is 19.6 Å². The predicted octanol–water partition coefficient (Wildman–Crippen LogP) is 3.60. The summed E-state index contributed by atoms with van der Waals surface area (Å²) >= 11 is 12.0. The van der Waals surface area contributed by atoms with Crippen molar-refractivity contribution in [2.45, 2.75) is 26.0 Å². The Kier molecular flexibility index (Phi) is 8.18. The Morgan fingerprint density at radius 3 is 2.81 bits per heavy atom. The first-order valence-corrected chi connectivity index (χ1v) is 9.20. The van der Waals surface area contributed by atoms with E-state index in [1.807, 2.05) is 0 Å². The van der Waals surface area contributed by atoms with Crippen LogP contribution >= 0.6 is 23.2 Å². The van der Waals surface area contributed by atoms with Crippen LogP contribution in [0.1, 0.15) is 18.4 Å². The molecule has 9 heteroatoms. The van der Waals surface area contributed by atoms with Crippen molar-refractivity contribution in [1.29, 1.82) is 0 Å². The van der Waals surface area contributed by atoms with Crippen LogP contribution in [0.4, 0.5) is 8.78 Å². The highest BCUT2D eigenvalue weighted by molar-refractivity contribution is 6.35. The fourth-order valence-corrected chi connectivity index (χ4v) is 3.63. The molecule has 0 aliphatic carbocycles. The molecule has 1 aromatic carbocycles. The number of halogens is 4. The molecule has 1 aliphatic rings. The van der Waals surface area contributed by atoms with E-state index < -0.39 is 6.61 Å². The number of likely N-dealkylation sites (tertiary alicyclic amines) is 1. The maximum Gasteiger partial charge on any atom is 0.387 e. The number of guanidine groups is 1. The van der Waals surface area contributed by atoms with E-state index in [0.29, 0.717) is 22.5 Å². The average Bonchev–Trinajstić information content (AvgIpc) is 2.57. The van der Waals surface area contributed by atoms with Crippen LogP contribution in [-0.4, -0.2) is 51.2 Å². The summed E-state index contributed by atoms with van der Waals surface area (Å²) in [5.41, 5.74) is 0.433. The molecule has 2 N–H and O–H groups in total. The monoisotopic (exact) mass is 408 g/mol. The van der Waals surface area contributed by atoms with Gasteiger partial charge in [0.2, 0.25) is 0 Å². The Balaban J connectivity index is 1.95. The first kappa shape index (κ1) is 21.0. The lowest BCUT2D eigenvalue weighted by atomic mass is 9.99. The van der Waals surface area contributed by atoms with Crippen LogP contribution in [0.2, 0.25) is 10.0 Å². The van der Waals surface area contributed by atoms with Crippen molar-refractivity contribution in [3.05, 3.63) is 27.7 Å². The molecule has 1 atom stereocenters. The summed E-state index contributed by atoms with van der Waals surface area (Å²) in [5.74, 6) is 1.05. The van der Waals surface area contributed by atoms with Crippen molar-refractivity contribution in [3.63, 3.8) is 0 Å². The molecule has 1 unspecified atom stereocenters. The van der Waals surface area contributed by atoms with Gasteiger partial charge in [-0.15, -0.1) is 0 Å². The third-order valence-electron chi connectivity index (χ3n) is 4.24. The quantitative estimate of drug-likeness (QED) is 0.557. The van der Waals surface area contributed by atoms with Gasteiger partial charge >= 0.3 is 6.61 Å². The third kappa shape index (κ3) is 6.45. The standard InChI is InChI=1S/C17H24Cl2F2N4O/c1-22-17(23-8-11-4-3-5-25(2)10-11)24-9-12-6-13(18)7-14(19)15(12)26-16(20)21/h6-7,11,16H,3-5,8-10H2,1-2H3,(H2,22,23,24). The highest BCUT2D eigenvalue weighted by Gasteiger charge is 2.18. The minimum absolute atomic E-state index is 0.0442. The van der Waals surface area contributed by atoms with Crippen molar-refractivity contribution in [1.82, 2.24) is 15.5 Å². The summed E-state index contributed by atoms with van der Waals surface area (Å²) in [4.78, 5) is 6.48. The smallest absolute Gasteiger partial charge is 0.387 e. The van der Waals surface area contributed by atoms with Crippen LogP contribution in [0.15, 0.2) is 17.1 Å². The number of hydrogen-bond donors (Lipinski definition) is 2. The molecular formula is C17H24Cl2F2N4O. The van der Waals surface area contributed by atoms with Crippen molar-refractivity contribution >= 4 is 29.2 Å². The number of benzene rings is 1. The van der Waals surface area contributed by atoms with Gasteiger partial charge in [-0.1, -0.05) is 23.2 Å². The molecule has 146 valence electrons. The second-order valence-electron chi connectivity index (χ2n) is 6.33. The van der Waals surface area contributed by atoms with Crippen molar-refractivity contribution in [2.75, 3.05) is 33.7 Å². The van der Waals surface area contributed by atoms with Crippen molar-refractivity contribution in [3.8, 4) is 5.75 Å². The van der Waals surface area contributed by atoms with Crippen LogP contribution in [0, 0.1) is 5.92 Å². The van der Waals surface area contributed by atoms with E-state index in [1.54, 1.807) is 13.1 Å². The number of alkyl halides is 2. The first-order chi connectivity index (χ1) is 12.4. The van der Waals surface area contributed by atoms with Gasteiger partial charge in [-0.3, -0.25) is 4.99 Å². The molecule has 1 saturated heterocycles. The van der Waals surface area contributed by atoms with Crippen LogP contribution in [-0.2, 0) is 6.54 Å². The van der Waals surface area contributed by atoms with Gasteiger partial charge in [-0.2, -0.15) is 8.78 Å². The van der Waals surface area contributed by atoms with Crippen LogP contribution in [0.25, 0.3) is 0 Å². The van der Waals surface area contributed by atoms with Gasteiger partial charge in [0.25, 0.3) is 0 Å². The van der Waals surface area contributed by atoms with Crippen LogP contribution in [0.5, 0.6) is 5.75 Å². The maximum atomic E-state index is 12.6. The highest BCUT2D eigenvalue weighted by Crippen LogP contribution is 2.33. The molecular weight excluding hydrogens is 385 g/mol. The number of ether oxygens (including phenoxy) is 1. The molecule has 1 aliphatic heterocycles. The second-order valence-corrected chi connectivity index (χ2v) is 7.18. The van der Waals surface area contributed by atoms with Gasteiger partial charge in [-0.05, 0) is 44.5 Å². The molecule has 0 amide bonds. The third-order valence-corrected chi connectivity index (χ3v) is 4.74. The van der Waals surface area contributed by atoms with E-state index in [4.69, 9.17) is 23.2 Å². The first-order valence-electron chi connectivity index (χ1n) is 8.44. The molecule has 2 rings (SSSR count). The summed E-state index contributed by atoms with van der Waals surface area (Å²) in [7, 11) is 3.77. The van der Waals surface area contributed by atoms with E-state index in [-0.39, 0.29) is 17.3 Å². The van der Waals surface area contributed by atoms with E-state index in [2.05, 4.69) is 32.3 Å². The van der Waals surface area contributed by atoms with Gasteiger partial charge in [0.15, 0.2) is 5.96 Å². The lowest BCUT2D eigenvalue weighted by Gasteiger charge is -2.30. The summed E-state index contributed by atoms with van der Waals surface area (Å²) in [6, 6.07) is 2.92. The number of rotatable bonds is 6. The fourth-order valence-electron chi connectivity index (χ4n) is 3.05. The molecule has 1 fully saturated rings. The second kappa shape index (κ2) is 10.1. The Morgan fingerprint density at radius 2 is 2.15 bits per heavy atom. The lowest BCUT2D eigenvalue weighted by Crippen LogP contribution is -2.43. The van der Waals surface area contributed by atoms with E-state index >= 15 is 0 Å². The zero-order valence-corrected chi connectivity index (χ0v) is 16.4. The van der Waals surface area contributed by atoms with Gasteiger partial charge in [-0.25, -0.2) is 0 Å². The normalized spacial score (nSPS) is 18.9. The summed E-state index contributed by atoms with van der Waals surface area (Å²) in [6.45, 7) is 0.201. The van der Waals surface area contributed by atoms with Gasteiger partial charge in [0.1, 0.15) is 5.75 Å². The molecule has 0 saturated carbocycles. The number of hydrogen-bond acceptors (Lipinski definition) is 3. The predicted molar refractivity (Wildman–Crippen MR) is 102 cm³/mol. The van der Waals surface area contributed by atoms with Crippen molar-refractivity contribution < 1.29 is 13.5 Å². The van der Waals surface area contributed by atoms with Crippen LogP contribution in [0.3, 0.4) is 0 Å². The minimum atomic E-state index is -2.96. The summed E-state index contributed by atoms with van der Waals surface area (Å²) in [6.07, 6.45) is 2.36. The highest BCUT2D eigenvalue weighted by atomic mass is 35.5. The minimum Gasteiger partial charge on any atom is -0.433 e. The molecule has 1 aromatic rings. The molecule has 1 heterocycles. The zero-order chi connectivity index (χ0) is 19.1. The van der Waals surface area contributed by atoms with Gasteiger partial charge in [0.05, 0.1) is 5.02 Å². The fraction of sp³-hybridized carbons (Fsp3) is 0.588. The molecule has 0 aromatic heterocycles. The maximum absolute atomic E-state index is 12.6. The molecule has 0 bridgehead atoms. The van der Waals surface area contributed by atoms with Gasteiger partial charge in [0, 0.05) is 37.3 Å². The molecule has 26 heavy (non-hydrogen) atoms. The Bertz CT molecular complexity index is 631. The lowest BCUT2D eigenvalue weighted by molar-refractivity contribution is -0.0504. The number of nitrogens with one attached hydrogen (secondary N) is 2. The number of piperidine rings is 1. The Labute approximate surface area is 162 Å². The van der Waals surface area contributed by atoms with E-state index in [9.17, 15) is 8.78 Å². The molecule has 0 radical (unpaired) electrons. The molecule has 5 nitrogen and oxygen atoms in total. The summed E-state index contributed by atoms with van der Waals surface area (Å²) in [5, 5.41) is 6.76. The SMILES string of the molecule is CN=C(NCc1cc(Cl)cc(Cl)c1OC(F)F)NCC1CCCN(C)C1. The topological polar surface area (TPSA) is 48.9 Å². The van der Waals surface area contributed by atoms with Gasteiger partial charge < -0.3 is 20.3 Å². The van der Waals surface area contributed by atoms with Crippen molar-refractivity contribution in [2.24, 2.45) is 10.9 Å². The largest absolute Gasteiger partial charge is 0.433 e. The Hall–Kier alpha value is -1.31. The van der Waals surface area contributed by atoms with Crippen LogP contribution < -0.4 is 15.4 Å². The Morgan fingerprint density at radius 1 is 1.38 bits per heavy atom. The average molecular weight is 409 g/mol. The van der Waals surface area contributed by atoms with E-state index in [1.165, 1.54) is 18.9 Å².